The summed E-state index contributed by atoms with van der Waals surface area (Å²) < 4.78 is 68.3. The molecule has 2 heterocycles. The van der Waals surface area contributed by atoms with Gasteiger partial charge in [-0.2, -0.15) is 0 Å². The van der Waals surface area contributed by atoms with Crippen molar-refractivity contribution in [3.05, 3.63) is 0 Å². The lowest BCUT2D eigenvalue weighted by molar-refractivity contribution is 0.0179. The highest BCUT2D eigenvalue weighted by Crippen LogP contribution is 2.38. The van der Waals surface area contributed by atoms with Gasteiger partial charge in [-0.15, -0.1) is 0 Å². The first-order valence-corrected chi connectivity index (χ1v) is 5.34. The highest BCUT2D eigenvalue weighted by Gasteiger charge is 2.49. The summed E-state index contributed by atoms with van der Waals surface area (Å²) in [5, 5.41) is 0. The van der Waals surface area contributed by atoms with Gasteiger partial charge in [-0.25, -0.2) is 0 Å². The monoisotopic (exact) mass is 218 g/mol. The minimum atomic E-state index is -2.74. The van der Waals surface area contributed by atoms with E-state index in [2.05, 4.69) is 0 Å². The fourth-order valence-electron chi connectivity index (χ4n) is 1.71. The molecular formula is C13H26N2. The quantitative estimate of drug-likeness (QED) is 0.616. The first kappa shape index (κ1) is 5.05. The molecule has 0 unspecified atom stereocenters. The van der Waals surface area contributed by atoms with Crippen molar-refractivity contribution in [1.82, 2.24) is 9.80 Å². The molecule has 0 aromatic carbocycles. The minimum Gasteiger partial charge on any atom is -0.293 e. The minimum absolute atomic E-state index is 0.905. The van der Waals surface area contributed by atoms with Gasteiger partial charge >= 0.3 is 0 Å². The van der Waals surface area contributed by atoms with Crippen LogP contribution in [0, 0.1) is 0 Å². The highest BCUT2D eigenvalue weighted by atomic mass is 15.4. The molecule has 0 radical (unpaired) electrons. The molecule has 0 aliphatic carbocycles. The van der Waals surface area contributed by atoms with Crippen LogP contribution in [0.4, 0.5) is 0 Å². The van der Waals surface area contributed by atoms with Gasteiger partial charge in [0.1, 0.15) is 0 Å². The summed E-state index contributed by atoms with van der Waals surface area (Å²) in [5.74, 6) is 0. The van der Waals surface area contributed by atoms with Crippen LogP contribution in [0.25, 0.3) is 0 Å². The molecule has 88 valence electrons. The normalized spacial score (nSPS) is 61.7. The third kappa shape index (κ3) is 1.94. The van der Waals surface area contributed by atoms with E-state index < -0.39 is 42.5 Å². The van der Waals surface area contributed by atoms with Gasteiger partial charge < -0.3 is 0 Å². The van der Waals surface area contributed by atoms with Crippen molar-refractivity contribution >= 4 is 0 Å². The van der Waals surface area contributed by atoms with Gasteiger partial charge in [-0.1, -0.05) is 0 Å². The summed E-state index contributed by atoms with van der Waals surface area (Å²) in [6.07, 6.45) is -2.74. The van der Waals surface area contributed by atoms with Crippen LogP contribution in [-0.2, 0) is 0 Å². The fraction of sp³-hybridized carbons (Fsp3) is 1.00. The van der Waals surface area contributed by atoms with Crippen LogP contribution in [-0.4, -0.2) is 45.9 Å². The molecule has 0 aromatic rings. The Kier molecular flexibility index (Phi) is 1.08. The summed E-state index contributed by atoms with van der Waals surface area (Å²) in [6.45, 7) is 4.57. The van der Waals surface area contributed by atoms with Crippen LogP contribution < -0.4 is 0 Å². The van der Waals surface area contributed by atoms with Gasteiger partial charge in [0.05, 0.1) is 0 Å². The lowest BCUT2D eigenvalue weighted by Gasteiger charge is -2.46. The molecule has 2 nitrogen and oxygen atoms in total. The average Bonchev–Trinajstić information content (AvgIpc) is 2.35. The Morgan fingerprint density at radius 3 is 1.53 bits per heavy atom. The largest absolute Gasteiger partial charge is 0.293 e. The maximum absolute atomic E-state index is 8.75. The van der Waals surface area contributed by atoms with Crippen molar-refractivity contribution in [3.63, 3.8) is 0 Å². The third-order valence-electron chi connectivity index (χ3n) is 2.46. The van der Waals surface area contributed by atoms with E-state index in [1.807, 2.05) is 0 Å². The molecule has 0 N–H and O–H groups in total. The van der Waals surface area contributed by atoms with Gasteiger partial charge in [0.25, 0.3) is 0 Å². The third-order valence-corrected chi connectivity index (χ3v) is 2.46. The first-order valence-electron chi connectivity index (χ1n) is 9.34. The van der Waals surface area contributed by atoms with Crippen molar-refractivity contribution in [2.45, 2.75) is 71.0 Å². The smallest absolute Gasteiger partial charge is 0.0481 e. The van der Waals surface area contributed by atoms with Crippen LogP contribution >= 0.6 is 0 Å². The second-order valence-electron chi connectivity index (χ2n) is 6.06. The van der Waals surface area contributed by atoms with E-state index in [9.17, 15) is 0 Å². The lowest BCUT2D eigenvalue weighted by Crippen LogP contribution is -2.57. The zero-order chi connectivity index (χ0) is 18.7. The molecule has 2 bridgehead atoms. The van der Waals surface area contributed by atoms with Crippen molar-refractivity contribution in [1.29, 1.82) is 0 Å². The topological polar surface area (TPSA) is 6.48 Å². The maximum Gasteiger partial charge on any atom is 0.0481 e. The van der Waals surface area contributed by atoms with Gasteiger partial charge in [0.15, 0.2) is 0 Å². The molecule has 15 heavy (non-hydrogen) atoms. The average molecular weight is 218 g/mol. The van der Waals surface area contributed by atoms with Crippen LogP contribution in [0.2, 0.25) is 0 Å². The zero-order valence-electron chi connectivity index (χ0n) is 18.4. The van der Waals surface area contributed by atoms with Crippen LogP contribution in [0.1, 0.15) is 58.9 Å². The Morgan fingerprint density at radius 2 is 1.27 bits per heavy atom. The van der Waals surface area contributed by atoms with E-state index in [0.717, 1.165) is 9.80 Å². The zero-order valence-corrected chi connectivity index (χ0v) is 10.4. The maximum atomic E-state index is 8.75. The number of piperazine rings is 1. The van der Waals surface area contributed by atoms with E-state index in [1.165, 1.54) is 0 Å². The molecule has 2 saturated heterocycles. The molecule has 2 aliphatic rings. The van der Waals surface area contributed by atoms with Gasteiger partial charge in [-0.3, -0.25) is 9.80 Å². The van der Waals surface area contributed by atoms with Crippen molar-refractivity contribution in [2.75, 3.05) is 13.0 Å². The second-order valence-corrected chi connectivity index (χ2v) is 6.06. The van der Waals surface area contributed by atoms with Gasteiger partial charge in [-0.05, 0) is 47.9 Å². The molecule has 2 fully saturated rings. The molecule has 2 atom stereocenters. The Balaban J connectivity index is 2.93. The molecule has 0 saturated carbocycles. The Bertz CT molecular complexity index is 489. The molecule has 2 aliphatic heterocycles. The summed E-state index contributed by atoms with van der Waals surface area (Å²) in [6, 6.07) is -5.12. The predicted molar refractivity (Wildman–Crippen MR) is 65.1 cm³/mol. The van der Waals surface area contributed by atoms with Crippen LogP contribution in [0.5, 0.6) is 0 Å². The molecule has 0 amide bonds. The number of hydrogen-bond acceptors (Lipinski definition) is 2. The lowest BCUT2D eigenvalue weighted by atomic mass is 10.0. The van der Waals surface area contributed by atoms with Crippen LogP contribution in [0.3, 0.4) is 0 Å². The number of fused-ring (bicyclic) bond motifs is 2. The van der Waals surface area contributed by atoms with Crippen LogP contribution in [0.15, 0.2) is 0 Å². The first-order chi connectivity index (χ1) is 9.73. The SMILES string of the molecule is [2H]C1([2H])N(C(C)(C)C)[C@]2([2H])C([2H])([2H])N(C(C)(C)C)[C@@]1([2H])C2([2H])[2H]. The van der Waals surface area contributed by atoms with E-state index >= 15 is 0 Å². The van der Waals surface area contributed by atoms with Crippen molar-refractivity contribution in [3.8, 4) is 0 Å². The van der Waals surface area contributed by atoms with Gasteiger partial charge in [0.2, 0.25) is 0 Å². The van der Waals surface area contributed by atoms with E-state index in [1.54, 1.807) is 41.5 Å². The Hall–Kier alpha value is -0.0800. The Labute approximate surface area is 106 Å². The molecule has 0 spiro atoms. The van der Waals surface area contributed by atoms with E-state index in [-0.39, 0.29) is 0 Å². The summed E-state index contributed by atoms with van der Waals surface area (Å²) >= 11 is 0. The second kappa shape index (κ2) is 3.21. The summed E-state index contributed by atoms with van der Waals surface area (Å²) in [7, 11) is 0. The molecular weight excluding hydrogens is 184 g/mol. The number of rotatable bonds is 0. The highest BCUT2D eigenvalue weighted by molar-refractivity contribution is 5.05. The standard InChI is InChI=1S/C13H26N2/c1-12(2,3)14-8-11-7-10(14)9-15(11)13(4,5)6/h10-11H,7-9H2,1-6H3/t10-,11-/m0/s1/i7D2,8D2,9D2,10D,11D. The summed E-state index contributed by atoms with van der Waals surface area (Å²) in [5.41, 5.74) is -2.06. The number of likely N-dealkylation sites (tertiary alicyclic amines) is 2. The molecule has 0 aromatic heterocycles. The Morgan fingerprint density at radius 1 is 0.933 bits per heavy atom. The molecule has 2 heteroatoms. The van der Waals surface area contributed by atoms with Crippen molar-refractivity contribution < 1.29 is 11.0 Å². The van der Waals surface area contributed by atoms with E-state index in [0.29, 0.717) is 0 Å². The molecule has 2 rings (SSSR count). The number of hydrogen-bond donors (Lipinski definition) is 0. The van der Waals surface area contributed by atoms with Gasteiger partial charge in [0, 0.05) is 47.1 Å². The van der Waals surface area contributed by atoms with Crippen molar-refractivity contribution in [2.24, 2.45) is 0 Å². The summed E-state index contributed by atoms with van der Waals surface area (Å²) in [4.78, 5) is 1.81. The predicted octanol–water partition coefficient (Wildman–Crippen LogP) is 2.34. The fourth-order valence-corrected chi connectivity index (χ4v) is 1.71. The van der Waals surface area contributed by atoms with E-state index in [4.69, 9.17) is 11.0 Å². The number of nitrogens with zero attached hydrogens (tertiary/aromatic N) is 2.